The molecule has 0 bridgehead atoms. The van der Waals surface area contributed by atoms with Crippen LogP contribution in [0.5, 0.6) is 0 Å². The molecule has 1 amide bonds. The number of hydrogen-bond acceptors (Lipinski definition) is 4. The first-order chi connectivity index (χ1) is 13.1. The minimum Gasteiger partial charge on any atom is -0.376 e. The summed E-state index contributed by atoms with van der Waals surface area (Å²) in [6.45, 7) is 5.84. The summed E-state index contributed by atoms with van der Waals surface area (Å²) in [5, 5.41) is 0. The molecule has 2 aromatic rings. The van der Waals surface area contributed by atoms with Crippen LogP contribution in [0.1, 0.15) is 48.8 Å². The highest BCUT2D eigenvalue weighted by Gasteiger charge is 2.41. The van der Waals surface area contributed by atoms with Crippen LogP contribution >= 0.6 is 0 Å². The molecule has 7 nitrogen and oxygen atoms in total. The Kier molecular flexibility index (Phi) is 4.86. The van der Waals surface area contributed by atoms with Crippen LogP contribution < -0.4 is 5.56 Å². The number of nitrogens with zero attached hydrogens (tertiary/aromatic N) is 4. The van der Waals surface area contributed by atoms with E-state index in [2.05, 4.69) is 11.9 Å². The van der Waals surface area contributed by atoms with E-state index in [0.29, 0.717) is 24.5 Å². The number of aromatic nitrogens is 3. The van der Waals surface area contributed by atoms with Crippen molar-refractivity contribution in [3.63, 3.8) is 0 Å². The first-order valence-electron chi connectivity index (χ1n) is 9.77. The number of hydrogen-bond donors (Lipinski definition) is 0. The fraction of sp³-hybridized carbons (Fsp3) is 0.550. The third-order valence-electron chi connectivity index (χ3n) is 5.59. The predicted octanol–water partition coefficient (Wildman–Crippen LogP) is 2.15. The molecule has 7 heteroatoms. The second-order valence-corrected chi connectivity index (χ2v) is 7.39. The molecule has 1 fully saturated rings. The average Bonchev–Trinajstić information content (AvgIpc) is 3.06. The Morgan fingerprint density at radius 3 is 2.74 bits per heavy atom. The van der Waals surface area contributed by atoms with E-state index in [0.717, 1.165) is 38.0 Å². The van der Waals surface area contributed by atoms with E-state index in [1.807, 2.05) is 18.0 Å². The van der Waals surface area contributed by atoms with Crippen molar-refractivity contribution in [2.45, 2.75) is 58.2 Å². The number of rotatable bonds is 6. The van der Waals surface area contributed by atoms with Gasteiger partial charge in [0.1, 0.15) is 11.4 Å². The first-order valence-corrected chi connectivity index (χ1v) is 9.77. The van der Waals surface area contributed by atoms with Crippen LogP contribution in [-0.2, 0) is 11.3 Å². The van der Waals surface area contributed by atoms with E-state index in [-0.39, 0.29) is 23.6 Å². The summed E-state index contributed by atoms with van der Waals surface area (Å²) >= 11 is 0. The van der Waals surface area contributed by atoms with Gasteiger partial charge in [-0.1, -0.05) is 13.3 Å². The van der Waals surface area contributed by atoms with E-state index in [9.17, 15) is 9.59 Å². The molecule has 27 heavy (non-hydrogen) atoms. The van der Waals surface area contributed by atoms with Crippen molar-refractivity contribution < 1.29 is 9.53 Å². The van der Waals surface area contributed by atoms with E-state index in [1.165, 1.54) is 0 Å². The van der Waals surface area contributed by atoms with E-state index >= 15 is 0 Å². The fourth-order valence-electron chi connectivity index (χ4n) is 3.88. The molecule has 1 saturated carbocycles. The van der Waals surface area contributed by atoms with Gasteiger partial charge in [-0.25, -0.2) is 4.98 Å². The zero-order valence-corrected chi connectivity index (χ0v) is 15.9. The van der Waals surface area contributed by atoms with E-state index in [4.69, 9.17) is 4.74 Å². The summed E-state index contributed by atoms with van der Waals surface area (Å²) in [7, 11) is 0. The Morgan fingerprint density at radius 1 is 1.22 bits per heavy atom. The molecular formula is C20H26N4O3. The predicted molar refractivity (Wildman–Crippen MR) is 101 cm³/mol. The molecule has 0 aromatic carbocycles. The molecule has 2 atom stereocenters. The zero-order chi connectivity index (χ0) is 19.0. The molecule has 0 radical (unpaired) electrons. The molecule has 0 spiro atoms. The third-order valence-corrected chi connectivity index (χ3v) is 5.59. The summed E-state index contributed by atoms with van der Waals surface area (Å²) in [5.74, 6) is -0.0690. The smallest absolute Gasteiger partial charge is 0.275 e. The first kappa shape index (κ1) is 18.0. The van der Waals surface area contributed by atoms with Gasteiger partial charge in [-0.15, -0.1) is 0 Å². The molecular weight excluding hydrogens is 344 g/mol. The van der Waals surface area contributed by atoms with Crippen LogP contribution in [0.4, 0.5) is 0 Å². The molecule has 3 heterocycles. The van der Waals surface area contributed by atoms with Crippen molar-refractivity contribution in [2.24, 2.45) is 0 Å². The number of ether oxygens (including phenoxy) is 1. The molecule has 144 valence electrons. The standard InChI is InChI=1S/C20H26N4O3/c1-3-4-11-27-18-8-7-15(18)23-9-10-24-17(20(23)26)6-5-16(19(24)25)22-12-14(2)21-13-22/h5-6,12-13,15,18H,3-4,7-11H2,1-2H3/t15-,18+/m1/s1. The van der Waals surface area contributed by atoms with Crippen LogP contribution in [0.3, 0.4) is 0 Å². The Labute approximate surface area is 158 Å². The quantitative estimate of drug-likeness (QED) is 0.731. The summed E-state index contributed by atoms with van der Waals surface area (Å²) in [6.07, 6.45) is 7.70. The Hall–Kier alpha value is -2.41. The number of carbonyl (C=O) groups excluding carboxylic acids is 1. The summed E-state index contributed by atoms with van der Waals surface area (Å²) in [4.78, 5) is 32.0. The van der Waals surface area contributed by atoms with Gasteiger partial charge in [-0.2, -0.15) is 0 Å². The fourth-order valence-corrected chi connectivity index (χ4v) is 3.88. The lowest BCUT2D eigenvalue weighted by Crippen LogP contribution is -2.57. The van der Waals surface area contributed by atoms with Crippen LogP contribution in [0.25, 0.3) is 5.69 Å². The SMILES string of the molecule is CCCCO[C@H]1CC[C@H]1N1CCn2c(ccc(-n3cnc(C)c3)c2=O)C1=O. The second kappa shape index (κ2) is 7.31. The maximum absolute atomic E-state index is 13.0. The Bertz CT molecular complexity index is 901. The van der Waals surface area contributed by atoms with Crippen molar-refractivity contribution >= 4 is 5.91 Å². The lowest BCUT2D eigenvalue weighted by molar-refractivity contribution is -0.0654. The van der Waals surface area contributed by atoms with Gasteiger partial charge in [0, 0.05) is 25.9 Å². The van der Waals surface area contributed by atoms with Gasteiger partial charge in [0.05, 0.1) is 24.2 Å². The highest BCUT2D eigenvalue weighted by molar-refractivity contribution is 5.93. The minimum absolute atomic E-state index is 0.0690. The molecule has 0 saturated heterocycles. The van der Waals surface area contributed by atoms with Crippen molar-refractivity contribution in [2.75, 3.05) is 13.2 Å². The van der Waals surface area contributed by atoms with Crippen LogP contribution in [-0.4, -0.2) is 50.2 Å². The molecule has 0 unspecified atom stereocenters. The van der Waals surface area contributed by atoms with Crippen molar-refractivity contribution in [3.8, 4) is 5.69 Å². The number of amides is 1. The van der Waals surface area contributed by atoms with Crippen molar-refractivity contribution in [1.29, 1.82) is 0 Å². The second-order valence-electron chi connectivity index (χ2n) is 7.39. The lowest BCUT2D eigenvalue weighted by Gasteiger charge is -2.45. The topological polar surface area (TPSA) is 69.4 Å². The van der Waals surface area contributed by atoms with Gasteiger partial charge < -0.3 is 18.8 Å². The molecule has 4 rings (SSSR count). The highest BCUT2D eigenvalue weighted by Crippen LogP contribution is 2.31. The van der Waals surface area contributed by atoms with Crippen molar-refractivity contribution in [1.82, 2.24) is 19.0 Å². The molecule has 0 N–H and O–H groups in total. The van der Waals surface area contributed by atoms with Gasteiger partial charge >= 0.3 is 0 Å². The number of carbonyl (C=O) groups is 1. The summed E-state index contributed by atoms with van der Waals surface area (Å²) in [5.41, 5.74) is 1.68. The van der Waals surface area contributed by atoms with Gasteiger partial charge in [0.25, 0.3) is 11.5 Å². The van der Waals surface area contributed by atoms with E-state index in [1.54, 1.807) is 27.6 Å². The normalized spacial score (nSPS) is 21.9. The van der Waals surface area contributed by atoms with Crippen molar-refractivity contribution in [3.05, 3.63) is 46.4 Å². The van der Waals surface area contributed by atoms with Crippen LogP contribution in [0, 0.1) is 6.92 Å². The number of unbranched alkanes of at least 4 members (excludes halogenated alkanes) is 1. The lowest BCUT2D eigenvalue weighted by atomic mass is 9.86. The number of imidazole rings is 1. The molecule has 2 aliphatic rings. The van der Waals surface area contributed by atoms with Gasteiger partial charge in [0.15, 0.2) is 0 Å². The molecule has 2 aromatic heterocycles. The number of fused-ring (bicyclic) bond motifs is 1. The van der Waals surface area contributed by atoms with Gasteiger partial charge in [-0.3, -0.25) is 9.59 Å². The van der Waals surface area contributed by atoms with E-state index < -0.39 is 0 Å². The van der Waals surface area contributed by atoms with Crippen LogP contribution in [0.2, 0.25) is 0 Å². The van der Waals surface area contributed by atoms with Gasteiger partial charge in [0.2, 0.25) is 0 Å². The Morgan fingerprint density at radius 2 is 2.07 bits per heavy atom. The zero-order valence-electron chi connectivity index (χ0n) is 15.9. The molecule has 1 aliphatic heterocycles. The summed E-state index contributed by atoms with van der Waals surface area (Å²) < 4.78 is 9.26. The van der Waals surface area contributed by atoms with Crippen LogP contribution in [0.15, 0.2) is 29.5 Å². The minimum atomic E-state index is -0.151. The number of aryl methyl sites for hydroxylation is 1. The summed E-state index contributed by atoms with van der Waals surface area (Å²) in [6, 6.07) is 3.60. The highest BCUT2D eigenvalue weighted by atomic mass is 16.5. The largest absolute Gasteiger partial charge is 0.376 e. The molecule has 1 aliphatic carbocycles. The maximum Gasteiger partial charge on any atom is 0.275 e. The maximum atomic E-state index is 13.0. The Balaban J connectivity index is 1.55. The van der Waals surface area contributed by atoms with Gasteiger partial charge in [-0.05, 0) is 38.3 Å². The third kappa shape index (κ3) is 3.20. The number of pyridine rings is 1. The average molecular weight is 370 g/mol. The monoisotopic (exact) mass is 370 g/mol.